The van der Waals surface area contributed by atoms with Crippen molar-refractivity contribution in [2.24, 2.45) is 11.8 Å². The molecule has 0 radical (unpaired) electrons. The highest BCUT2D eigenvalue weighted by atomic mass is 19.3. The summed E-state index contributed by atoms with van der Waals surface area (Å²) in [6, 6.07) is 22.6. The number of anilines is 1. The summed E-state index contributed by atoms with van der Waals surface area (Å²) in [4.78, 5) is 19.0. The number of aliphatic hydroxyl groups is 1. The second-order valence-electron chi connectivity index (χ2n) is 10.3. The zero-order chi connectivity index (χ0) is 28.9. The number of aliphatic hydroxyl groups excluding tert-OH is 1. The maximum Gasteiger partial charge on any atom is 0.387 e. The van der Waals surface area contributed by atoms with Gasteiger partial charge in [-0.3, -0.25) is 4.79 Å². The lowest BCUT2D eigenvalue weighted by molar-refractivity contribution is -0.131. The van der Waals surface area contributed by atoms with Crippen molar-refractivity contribution < 1.29 is 23.4 Å². The Morgan fingerprint density at radius 1 is 1.05 bits per heavy atom. The molecular formula is C31H33F2N5O3. The van der Waals surface area contributed by atoms with E-state index < -0.39 is 24.5 Å². The SMILES string of the molecule is C[C@H]1C(C(=N)C2CCN(c3ccc(OC(F)F)cn3)CC2)=C(NC(c2ccccc2)c2ccccc2)NC(=O)[C@H]1O. The number of benzene rings is 2. The molecule has 3 heterocycles. The fourth-order valence-electron chi connectivity index (χ4n) is 5.51. The van der Waals surface area contributed by atoms with E-state index in [1.165, 1.54) is 12.3 Å². The van der Waals surface area contributed by atoms with E-state index in [0.29, 0.717) is 48.9 Å². The molecule has 3 aromatic rings. The van der Waals surface area contributed by atoms with Gasteiger partial charge in [0.05, 0.1) is 12.2 Å². The van der Waals surface area contributed by atoms with E-state index in [-0.39, 0.29) is 17.7 Å². The molecule has 2 atom stereocenters. The fourth-order valence-corrected chi connectivity index (χ4v) is 5.51. The van der Waals surface area contributed by atoms with E-state index in [1.807, 2.05) is 65.6 Å². The van der Waals surface area contributed by atoms with Crippen LogP contribution in [0.3, 0.4) is 0 Å². The van der Waals surface area contributed by atoms with Gasteiger partial charge in [0.15, 0.2) is 0 Å². The molecule has 5 rings (SSSR count). The third-order valence-electron chi connectivity index (χ3n) is 7.73. The van der Waals surface area contributed by atoms with Gasteiger partial charge in [-0.1, -0.05) is 67.6 Å². The summed E-state index contributed by atoms with van der Waals surface area (Å²) in [6.45, 7) is 0.104. The average molecular weight is 562 g/mol. The second kappa shape index (κ2) is 12.5. The Kier molecular flexibility index (Phi) is 8.58. The van der Waals surface area contributed by atoms with Gasteiger partial charge in [-0.15, -0.1) is 0 Å². The molecule has 10 heteroatoms. The third-order valence-corrected chi connectivity index (χ3v) is 7.73. The lowest BCUT2D eigenvalue weighted by atomic mass is 9.80. The van der Waals surface area contributed by atoms with Gasteiger partial charge in [0.25, 0.3) is 5.91 Å². The first-order valence-corrected chi connectivity index (χ1v) is 13.7. The summed E-state index contributed by atoms with van der Waals surface area (Å²) in [5.41, 5.74) is 2.97. The molecule has 1 aromatic heterocycles. The summed E-state index contributed by atoms with van der Waals surface area (Å²) in [5.74, 6) is -0.0843. The van der Waals surface area contributed by atoms with Crippen LogP contribution in [0.15, 0.2) is 90.4 Å². The zero-order valence-electron chi connectivity index (χ0n) is 22.6. The van der Waals surface area contributed by atoms with Gasteiger partial charge in [-0.05, 0) is 36.1 Å². The number of carbonyl (C=O) groups excluding carboxylic acids is 1. The molecule has 4 N–H and O–H groups in total. The molecule has 2 aliphatic rings. The van der Waals surface area contributed by atoms with Crippen molar-refractivity contribution >= 4 is 17.4 Å². The quantitative estimate of drug-likeness (QED) is 0.284. The van der Waals surface area contributed by atoms with Crippen LogP contribution in [0.4, 0.5) is 14.6 Å². The summed E-state index contributed by atoms with van der Waals surface area (Å²) in [6.07, 6.45) is 1.33. The van der Waals surface area contributed by atoms with Gasteiger partial charge in [-0.25, -0.2) is 4.98 Å². The largest absolute Gasteiger partial charge is 0.433 e. The molecular weight excluding hydrogens is 528 g/mol. The Balaban J connectivity index is 1.38. The maximum absolute atomic E-state index is 12.7. The van der Waals surface area contributed by atoms with E-state index in [9.17, 15) is 24.1 Å². The Morgan fingerprint density at radius 3 is 2.20 bits per heavy atom. The molecule has 0 spiro atoms. The average Bonchev–Trinajstić information content (AvgIpc) is 2.99. The van der Waals surface area contributed by atoms with Crippen molar-refractivity contribution in [1.29, 1.82) is 5.41 Å². The van der Waals surface area contributed by atoms with Crippen molar-refractivity contribution in [2.45, 2.75) is 38.5 Å². The highest BCUT2D eigenvalue weighted by Gasteiger charge is 2.38. The third kappa shape index (κ3) is 6.38. The Hall–Kier alpha value is -4.31. The first kappa shape index (κ1) is 28.2. The standard InChI is InChI=1S/C31H33F2N5O3/c1-19-25(26(34)20-14-16-38(17-15-20)24-13-12-23(18-35-24)41-31(32)33)29(37-30(40)28(19)39)36-27(21-8-4-2-5-9-21)22-10-6-3-7-11-22/h2-13,18-20,27-28,31,34,36,39H,14-17H2,1H3,(H,37,40)/t19-,28-/m0/s1. The van der Waals surface area contributed by atoms with Gasteiger partial charge in [-0.2, -0.15) is 8.78 Å². The minimum atomic E-state index is -2.90. The number of aromatic nitrogens is 1. The summed E-state index contributed by atoms with van der Waals surface area (Å²) in [7, 11) is 0. The predicted molar refractivity (Wildman–Crippen MR) is 152 cm³/mol. The highest BCUT2D eigenvalue weighted by molar-refractivity contribution is 6.03. The van der Waals surface area contributed by atoms with Crippen LogP contribution in [0.25, 0.3) is 0 Å². The number of nitrogens with one attached hydrogen (secondary N) is 3. The zero-order valence-corrected chi connectivity index (χ0v) is 22.6. The van der Waals surface area contributed by atoms with Crippen molar-refractivity contribution in [2.75, 3.05) is 18.0 Å². The van der Waals surface area contributed by atoms with Crippen LogP contribution in [0.2, 0.25) is 0 Å². The topological polar surface area (TPSA) is 111 Å². The van der Waals surface area contributed by atoms with Crippen LogP contribution in [0.5, 0.6) is 5.75 Å². The van der Waals surface area contributed by atoms with Crippen LogP contribution < -0.4 is 20.3 Å². The number of alkyl halides is 2. The van der Waals surface area contributed by atoms with Gasteiger partial charge >= 0.3 is 6.61 Å². The number of amides is 1. The highest BCUT2D eigenvalue weighted by Crippen LogP contribution is 2.33. The van der Waals surface area contributed by atoms with Crippen LogP contribution in [-0.4, -0.2) is 47.5 Å². The fraction of sp³-hybridized carbons (Fsp3) is 0.323. The molecule has 1 saturated heterocycles. The normalized spacial score (nSPS) is 19.9. The van der Waals surface area contributed by atoms with Crippen molar-refractivity contribution in [1.82, 2.24) is 15.6 Å². The van der Waals surface area contributed by atoms with Crippen molar-refractivity contribution in [3.63, 3.8) is 0 Å². The number of hydrogen-bond donors (Lipinski definition) is 4. The van der Waals surface area contributed by atoms with Crippen LogP contribution >= 0.6 is 0 Å². The molecule has 0 bridgehead atoms. The Labute approximate surface area is 237 Å². The molecule has 41 heavy (non-hydrogen) atoms. The number of piperidine rings is 1. The molecule has 2 aliphatic heterocycles. The summed E-state index contributed by atoms with van der Waals surface area (Å²) in [5, 5.41) is 26.2. The monoisotopic (exact) mass is 561 g/mol. The molecule has 0 unspecified atom stereocenters. The predicted octanol–water partition coefficient (Wildman–Crippen LogP) is 4.64. The first-order valence-electron chi connectivity index (χ1n) is 13.7. The van der Waals surface area contributed by atoms with E-state index in [0.717, 1.165) is 11.1 Å². The van der Waals surface area contributed by atoms with E-state index in [2.05, 4.69) is 20.4 Å². The molecule has 8 nitrogen and oxygen atoms in total. The molecule has 1 amide bonds. The minimum absolute atomic E-state index is 0.00332. The Morgan fingerprint density at radius 2 is 1.66 bits per heavy atom. The molecule has 214 valence electrons. The number of rotatable bonds is 9. The molecule has 1 fully saturated rings. The van der Waals surface area contributed by atoms with Crippen molar-refractivity contribution in [3.05, 3.63) is 102 Å². The van der Waals surface area contributed by atoms with Crippen LogP contribution in [0.1, 0.15) is 36.9 Å². The molecule has 2 aromatic carbocycles. The number of nitrogens with zero attached hydrogens (tertiary/aromatic N) is 2. The van der Waals surface area contributed by atoms with Crippen molar-refractivity contribution in [3.8, 4) is 5.75 Å². The first-order chi connectivity index (χ1) is 19.8. The molecule has 0 saturated carbocycles. The van der Waals surface area contributed by atoms with E-state index in [1.54, 1.807) is 13.0 Å². The summed E-state index contributed by atoms with van der Waals surface area (Å²) >= 11 is 0. The van der Waals surface area contributed by atoms with Crippen LogP contribution in [-0.2, 0) is 4.79 Å². The number of pyridine rings is 1. The smallest absolute Gasteiger partial charge is 0.387 e. The van der Waals surface area contributed by atoms with Gasteiger partial charge in [0, 0.05) is 36.2 Å². The Bertz CT molecular complexity index is 1340. The van der Waals surface area contributed by atoms with E-state index in [4.69, 9.17) is 0 Å². The maximum atomic E-state index is 12.7. The van der Waals surface area contributed by atoms with Gasteiger partial charge < -0.3 is 30.8 Å². The van der Waals surface area contributed by atoms with Gasteiger partial charge in [0.1, 0.15) is 23.5 Å². The van der Waals surface area contributed by atoms with Gasteiger partial charge in [0.2, 0.25) is 0 Å². The molecule has 0 aliphatic carbocycles. The number of ether oxygens (including phenoxy) is 1. The second-order valence-corrected chi connectivity index (χ2v) is 10.3. The number of hydrogen-bond acceptors (Lipinski definition) is 7. The number of halogens is 2. The number of carbonyl (C=O) groups is 1. The summed E-state index contributed by atoms with van der Waals surface area (Å²) < 4.78 is 29.3. The van der Waals surface area contributed by atoms with Crippen LogP contribution in [0, 0.1) is 17.2 Å². The van der Waals surface area contributed by atoms with E-state index >= 15 is 0 Å². The minimum Gasteiger partial charge on any atom is -0.433 e. The lowest BCUT2D eigenvalue weighted by Gasteiger charge is -2.37. The lowest BCUT2D eigenvalue weighted by Crippen LogP contribution is -2.50.